The van der Waals surface area contributed by atoms with E-state index in [1.807, 2.05) is 18.5 Å². The normalized spacial score (nSPS) is 13.3. The summed E-state index contributed by atoms with van der Waals surface area (Å²) in [6.45, 7) is 2.15. The Kier molecular flexibility index (Phi) is 4.91. The first-order valence-electron chi connectivity index (χ1n) is 13.1. The number of aromatic amines is 2. The van der Waals surface area contributed by atoms with E-state index in [0.29, 0.717) is 0 Å². The SMILES string of the molecule is Cc1[nH]c2ccccc2c1C1=Nc2c(c3cc(N=Cc4c[nH]c5ccc(Br)cc45)ccc3c3ccccc23)C1. The molecular weight excluding hydrogens is 544 g/mol. The molecule has 0 atom stereocenters. The molecule has 0 bridgehead atoms. The minimum Gasteiger partial charge on any atom is -0.361 e. The number of benzene rings is 5. The van der Waals surface area contributed by atoms with Gasteiger partial charge in [0.15, 0.2) is 0 Å². The molecule has 0 amide bonds. The van der Waals surface area contributed by atoms with Crippen molar-refractivity contribution < 1.29 is 0 Å². The minimum atomic E-state index is 0.795. The van der Waals surface area contributed by atoms with E-state index in [-0.39, 0.29) is 0 Å². The summed E-state index contributed by atoms with van der Waals surface area (Å²) >= 11 is 3.59. The molecule has 7 aromatic rings. The summed E-state index contributed by atoms with van der Waals surface area (Å²) in [6.07, 6.45) is 4.75. The van der Waals surface area contributed by atoms with Crippen molar-refractivity contribution in [3.63, 3.8) is 0 Å². The van der Waals surface area contributed by atoms with Gasteiger partial charge in [-0.2, -0.15) is 0 Å². The lowest BCUT2D eigenvalue weighted by molar-refractivity contribution is 1.28. The molecule has 186 valence electrons. The van der Waals surface area contributed by atoms with Gasteiger partial charge >= 0.3 is 0 Å². The molecule has 0 saturated heterocycles. The Morgan fingerprint density at radius 3 is 2.49 bits per heavy atom. The van der Waals surface area contributed by atoms with E-state index in [4.69, 9.17) is 9.98 Å². The quantitative estimate of drug-likeness (QED) is 0.158. The van der Waals surface area contributed by atoms with Gasteiger partial charge in [-0.15, -0.1) is 0 Å². The average Bonchev–Trinajstić information content (AvgIpc) is 3.66. The monoisotopic (exact) mass is 566 g/mol. The highest BCUT2D eigenvalue weighted by molar-refractivity contribution is 9.10. The maximum Gasteiger partial charge on any atom is 0.0754 e. The van der Waals surface area contributed by atoms with Crippen LogP contribution in [0.1, 0.15) is 22.4 Å². The van der Waals surface area contributed by atoms with E-state index in [2.05, 4.69) is 112 Å². The van der Waals surface area contributed by atoms with Crippen LogP contribution in [0.2, 0.25) is 0 Å². The topological polar surface area (TPSA) is 56.3 Å². The van der Waals surface area contributed by atoms with E-state index in [9.17, 15) is 0 Å². The van der Waals surface area contributed by atoms with Crippen LogP contribution in [0.4, 0.5) is 11.4 Å². The van der Waals surface area contributed by atoms with Gasteiger partial charge in [0.25, 0.3) is 0 Å². The fraction of sp³-hybridized carbons (Fsp3) is 0.0588. The van der Waals surface area contributed by atoms with Crippen LogP contribution in [0, 0.1) is 6.92 Å². The maximum absolute atomic E-state index is 5.29. The summed E-state index contributed by atoms with van der Waals surface area (Å²) in [5.41, 5.74) is 10.1. The molecule has 0 spiro atoms. The van der Waals surface area contributed by atoms with E-state index in [1.165, 1.54) is 38.1 Å². The second kappa shape index (κ2) is 8.52. The zero-order valence-electron chi connectivity index (χ0n) is 21.2. The second-order valence-electron chi connectivity index (χ2n) is 10.2. The molecule has 0 unspecified atom stereocenters. The fourth-order valence-electron chi connectivity index (χ4n) is 6.12. The lowest BCUT2D eigenvalue weighted by Crippen LogP contribution is -2.02. The molecule has 1 aliphatic heterocycles. The molecule has 0 fully saturated rings. The van der Waals surface area contributed by atoms with E-state index < -0.39 is 0 Å². The first-order chi connectivity index (χ1) is 19.1. The highest BCUT2D eigenvalue weighted by Gasteiger charge is 2.25. The summed E-state index contributed by atoms with van der Waals surface area (Å²) in [5, 5.41) is 7.26. The smallest absolute Gasteiger partial charge is 0.0754 e. The lowest BCUT2D eigenvalue weighted by Gasteiger charge is -2.11. The average molecular weight is 567 g/mol. The van der Waals surface area contributed by atoms with Crippen LogP contribution in [0.25, 0.3) is 43.4 Å². The lowest BCUT2D eigenvalue weighted by atomic mass is 9.93. The highest BCUT2D eigenvalue weighted by Crippen LogP contribution is 2.44. The number of rotatable bonds is 3. The predicted octanol–water partition coefficient (Wildman–Crippen LogP) is 9.45. The van der Waals surface area contributed by atoms with Gasteiger partial charge in [-0.25, -0.2) is 0 Å². The van der Waals surface area contributed by atoms with Gasteiger partial charge in [0, 0.05) is 67.3 Å². The van der Waals surface area contributed by atoms with Crippen molar-refractivity contribution in [2.45, 2.75) is 13.3 Å². The third kappa shape index (κ3) is 3.50. The van der Waals surface area contributed by atoms with Gasteiger partial charge in [0.1, 0.15) is 0 Å². The largest absolute Gasteiger partial charge is 0.361 e. The Morgan fingerprint density at radius 1 is 0.795 bits per heavy atom. The van der Waals surface area contributed by atoms with Crippen LogP contribution >= 0.6 is 15.9 Å². The molecule has 5 heteroatoms. The van der Waals surface area contributed by atoms with Crippen molar-refractivity contribution in [2.75, 3.05) is 0 Å². The molecule has 5 aromatic carbocycles. The van der Waals surface area contributed by atoms with Gasteiger partial charge in [-0.3, -0.25) is 9.98 Å². The summed E-state index contributed by atoms with van der Waals surface area (Å²) in [4.78, 5) is 17.1. The number of nitrogens with zero attached hydrogens (tertiary/aromatic N) is 2. The van der Waals surface area contributed by atoms with Crippen LogP contribution in [0.15, 0.2) is 106 Å². The van der Waals surface area contributed by atoms with Crippen LogP contribution in [-0.4, -0.2) is 21.9 Å². The molecule has 2 aromatic heterocycles. The number of fused-ring (bicyclic) bond motifs is 8. The van der Waals surface area contributed by atoms with Crippen LogP contribution in [0.3, 0.4) is 0 Å². The Hall–Kier alpha value is -4.48. The Balaban J connectivity index is 1.28. The van der Waals surface area contributed by atoms with Gasteiger partial charge in [-0.05, 0) is 65.0 Å². The zero-order valence-corrected chi connectivity index (χ0v) is 22.8. The van der Waals surface area contributed by atoms with E-state index >= 15 is 0 Å². The van der Waals surface area contributed by atoms with Crippen LogP contribution in [0.5, 0.6) is 0 Å². The number of H-pyrrole nitrogens is 2. The molecule has 2 N–H and O–H groups in total. The molecule has 4 nitrogen and oxygen atoms in total. The third-order valence-electron chi connectivity index (χ3n) is 7.89. The van der Waals surface area contributed by atoms with Crippen LogP contribution < -0.4 is 0 Å². The Morgan fingerprint density at radius 2 is 1.59 bits per heavy atom. The summed E-state index contributed by atoms with van der Waals surface area (Å²) in [6, 6.07) is 29.9. The molecule has 0 saturated carbocycles. The summed E-state index contributed by atoms with van der Waals surface area (Å²) in [7, 11) is 0. The van der Waals surface area contributed by atoms with Crippen molar-refractivity contribution in [1.82, 2.24) is 9.97 Å². The second-order valence-corrected chi connectivity index (χ2v) is 11.1. The number of aromatic nitrogens is 2. The van der Waals surface area contributed by atoms with Gasteiger partial charge in [0.05, 0.1) is 17.1 Å². The molecule has 39 heavy (non-hydrogen) atoms. The van der Waals surface area contributed by atoms with Crippen molar-refractivity contribution >= 4 is 82.6 Å². The number of halogens is 1. The van der Waals surface area contributed by atoms with Gasteiger partial charge in [0.2, 0.25) is 0 Å². The molecule has 3 heterocycles. The van der Waals surface area contributed by atoms with Crippen molar-refractivity contribution in [3.05, 3.63) is 118 Å². The first-order valence-corrected chi connectivity index (χ1v) is 13.9. The first kappa shape index (κ1) is 22.5. The maximum atomic E-state index is 5.29. The van der Waals surface area contributed by atoms with Crippen LogP contribution in [-0.2, 0) is 6.42 Å². The fourth-order valence-corrected chi connectivity index (χ4v) is 6.48. The van der Waals surface area contributed by atoms with Gasteiger partial charge < -0.3 is 9.97 Å². The van der Waals surface area contributed by atoms with Crippen molar-refractivity contribution in [2.24, 2.45) is 9.98 Å². The molecule has 1 aliphatic rings. The third-order valence-corrected chi connectivity index (χ3v) is 8.38. The molecule has 0 radical (unpaired) electrons. The predicted molar refractivity (Wildman–Crippen MR) is 168 cm³/mol. The summed E-state index contributed by atoms with van der Waals surface area (Å²) in [5.74, 6) is 0. The number of hydrogen-bond acceptors (Lipinski definition) is 2. The Bertz CT molecular complexity index is 2180. The number of para-hydroxylation sites is 1. The number of hydrogen-bond donors (Lipinski definition) is 2. The Labute approximate surface area is 233 Å². The molecular formula is C34H23BrN4. The summed E-state index contributed by atoms with van der Waals surface area (Å²) < 4.78 is 1.05. The highest BCUT2D eigenvalue weighted by atomic mass is 79.9. The van der Waals surface area contributed by atoms with E-state index in [0.717, 1.165) is 55.7 Å². The minimum absolute atomic E-state index is 0.795. The number of nitrogens with one attached hydrogen (secondary N) is 2. The van der Waals surface area contributed by atoms with E-state index in [1.54, 1.807) is 0 Å². The van der Waals surface area contributed by atoms with Gasteiger partial charge in [-0.1, -0.05) is 64.5 Å². The molecule has 0 aliphatic carbocycles. The van der Waals surface area contributed by atoms with Crippen molar-refractivity contribution in [1.29, 1.82) is 0 Å². The number of aliphatic imine (C=N–C) groups is 2. The van der Waals surface area contributed by atoms with Crippen molar-refractivity contribution in [3.8, 4) is 0 Å². The standard InChI is InChI=1S/C34H23BrN4/c1-19-33(26-8-4-5-9-31(26)38-19)32-16-29-28-15-22(36-17-20-18-37-30-13-10-21(35)14-27(20)30)11-12-24(28)23-6-2-3-7-25(23)34(29)39-32/h2-15,17-18,37-38H,16H2,1H3. The number of aryl methyl sites for hydroxylation is 1. The molecule has 8 rings (SSSR count). The zero-order chi connectivity index (χ0) is 26.1.